The molecular formula is C17H31N3S. The summed E-state index contributed by atoms with van der Waals surface area (Å²) >= 11 is 1.87. The van der Waals surface area contributed by atoms with E-state index in [1.54, 1.807) is 0 Å². The normalized spacial score (nSPS) is 22.8. The fraction of sp³-hybridized carbons (Fsp3) is 0.824. The minimum absolute atomic E-state index is 0.677. The standard InChI is InChI=1S/C17H31N3S/c1-12(2)10-18-11-16-14(4)19-17(21-16)20(5)15-8-6-7-13(3)9-15/h12-13,15,18H,6-11H2,1-5H3. The van der Waals surface area contributed by atoms with E-state index in [1.807, 2.05) is 11.3 Å². The lowest BCUT2D eigenvalue weighted by Gasteiger charge is -2.33. The molecule has 0 bridgehead atoms. The molecule has 1 aliphatic carbocycles. The second-order valence-electron chi connectivity index (χ2n) is 7.07. The van der Waals surface area contributed by atoms with E-state index < -0.39 is 0 Å². The zero-order valence-electron chi connectivity index (χ0n) is 14.3. The van der Waals surface area contributed by atoms with E-state index in [2.05, 4.69) is 45.0 Å². The Balaban J connectivity index is 1.96. The van der Waals surface area contributed by atoms with E-state index >= 15 is 0 Å². The Morgan fingerprint density at radius 1 is 1.38 bits per heavy atom. The predicted octanol–water partition coefficient (Wildman–Crippen LogP) is 4.21. The number of hydrogen-bond donors (Lipinski definition) is 1. The molecule has 21 heavy (non-hydrogen) atoms. The van der Waals surface area contributed by atoms with Gasteiger partial charge < -0.3 is 10.2 Å². The highest BCUT2D eigenvalue weighted by Crippen LogP contribution is 2.32. The lowest BCUT2D eigenvalue weighted by molar-refractivity contribution is 0.336. The summed E-state index contributed by atoms with van der Waals surface area (Å²) in [6.07, 6.45) is 5.39. The molecular weight excluding hydrogens is 278 g/mol. The van der Waals surface area contributed by atoms with Crippen molar-refractivity contribution < 1.29 is 0 Å². The maximum absolute atomic E-state index is 4.81. The van der Waals surface area contributed by atoms with Crippen molar-refractivity contribution in [2.45, 2.75) is 66.0 Å². The highest BCUT2D eigenvalue weighted by Gasteiger charge is 2.24. The maximum atomic E-state index is 4.81. The van der Waals surface area contributed by atoms with Gasteiger partial charge in [0.25, 0.3) is 0 Å². The predicted molar refractivity (Wildman–Crippen MR) is 93.2 cm³/mol. The van der Waals surface area contributed by atoms with Gasteiger partial charge in [0.1, 0.15) is 0 Å². The van der Waals surface area contributed by atoms with E-state index in [-0.39, 0.29) is 0 Å². The van der Waals surface area contributed by atoms with Crippen LogP contribution in [0.1, 0.15) is 57.0 Å². The smallest absolute Gasteiger partial charge is 0.185 e. The van der Waals surface area contributed by atoms with Gasteiger partial charge in [0.15, 0.2) is 5.13 Å². The summed E-state index contributed by atoms with van der Waals surface area (Å²) < 4.78 is 0. The van der Waals surface area contributed by atoms with Crippen molar-refractivity contribution in [3.63, 3.8) is 0 Å². The van der Waals surface area contributed by atoms with Gasteiger partial charge in [-0.05, 0) is 38.1 Å². The molecule has 2 rings (SSSR count). The Labute approximate surface area is 134 Å². The molecule has 1 aromatic heterocycles. The second-order valence-corrected chi connectivity index (χ2v) is 8.13. The average molecular weight is 310 g/mol. The first-order chi connectivity index (χ1) is 9.97. The molecule has 0 aromatic carbocycles. The van der Waals surface area contributed by atoms with Crippen molar-refractivity contribution in [3.8, 4) is 0 Å². The molecule has 0 radical (unpaired) electrons. The van der Waals surface area contributed by atoms with Crippen LogP contribution in [0.3, 0.4) is 0 Å². The fourth-order valence-corrected chi connectivity index (χ4v) is 4.18. The largest absolute Gasteiger partial charge is 0.348 e. The first-order valence-corrected chi connectivity index (χ1v) is 9.18. The first kappa shape index (κ1) is 16.8. The summed E-state index contributed by atoms with van der Waals surface area (Å²) in [5, 5.41) is 4.73. The van der Waals surface area contributed by atoms with E-state index in [0.717, 1.165) is 19.0 Å². The van der Waals surface area contributed by atoms with Crippen LogP contribution in [0.2, 0.25) is 0 Å². The quantitative estimate of drug-likeness (QED) is 0.853. The van der Waals surface area contributed by atoms with Crippen molar-refractivity contribution in [2.24, 2.45) is 11.8 Å². The second kappa shape index (κ2) is 7.59. The molecule has 0 saturated heterocycles. The van der Waals surface area contributed by atoms with Crippen molar-refractivity contribution in [2.75, 3.05) is 18.5 Å². The third kappa shape index (κ3) is 4.68. The van der Waals surface area contributed by atoms with Gasteiger partial charge in [-0.1, -0.05) is 33.6 Å². The minimum Gasteiger partial charge on any atom is -0.348 e. The molecule has 1 heterocycles. The zero-order valence-corrected chi connectivity index (χ0v) is 15.1. The van der Waals surface area contributed by atoms with Crippen LogP contribution in [0.15, 0.2) is 0 Å². The van der Waals surface area contributed by atoms with Crippen LogP contribution >= 0.6 is 11.3 Å². The summed E-state index contributed by atoms with van der Waals surface area (Å²) in [5.74, 6) is 1.56. The van der Waals surface area contributed by atoms with Gasteiger partial charge in [-0.3, -0.25) is 0 Å². The van der Waals surface area contributed by atoms with Crippen LogP contribution in [0.25, 0.3) is 0 Å². The molecule has 4 heteroatoms. The molecule has 0 amide bonds. The number of hydrogen-bond acceptors (Lipinski definition) is 4. The van der Waals surface area contributed by atoms with Crippen LogP contribution < -0.4 is 10.2 Å². The van der Waals surface area contributed by atoms with Crippen LogP contribution in [-0.2, 0) is 6.54 Å². The number of anilines is 1. The average Bonchev–Trinajstić information content (AvgIpc) is 2.79. The summed E-state index contributed by atoms with van der Waals surface area (Å²) in [7, 11) is 2.23. The van der Waals surface area contributed by atoms with Crippen molar-refractivity contribution in [1.29, 1.82) is 0 Å². The van der Waals surface area contributed by atoms with E-state index in [9.17, 15) is 0 Å². The Bertz CT molecular complexity index is 441. The van der Waals surface area contributed by atoms with E-state index in [1.165, 1.54) is 41.4 Å². The lowest BCUT2D eigenvalue weighted by atomic mass is 9.86. The third-order valence-corrected chi connectivity index (χ3v) is 5.73. The number of nitrogens with zero attached hydrogens (tertiary/aromatic N) is 2. The highest BCUT2D eigenvalue weighted by molar-refractivity contribution is 7.15. The molecule has 3 nitrogen and oxygen atoms in total. The van der Waals surface area contributed by atoms with Gasteiger partial charge in [-0.15, -0.1) is 11.3 Å². The third-order valence-electron chi connectivity index (χ3n) is 4.48. The van der Waals surface area contributed by atoms with Crippen LogP contribution in [0, 0.1) is 18.8 Å². The van der Waals surface area contributed by atoms with Gasteiger partial charge in [0, 0.05) is 24.5 Å². The maximum Gasteiger partial charge on any atom is 0.185 e. The molecule has 0 aliphatic heterocycles. The minimum atomic E-state index is 0.677. The number of nitrogens with one attached hydrogen (secondary N) is 1. The molecule has 1 saturated carbocycles. The van der Waals surface area contributed by atoms with Gasteiger partial charge in [-0.2, -0.15) is 0 Å². The number of aryl methyl sites for hydroxylation is 1. The Morgan fingerprint density at radius 2 is 2.14 bits per heavy atom. The Hall–Kier alpha value is -0.610. The number of aromatic nitrogens is 1. The van der Waals surface area contributed by atoms with Crippen LogP contribution in [0.5, 0.6) is 0 Å². The molecule has 2 atom stereocenters. The lowest BCUT2D eigenvalue weighted by Crippen LogP contribution is -2.35. The Kier molecular flexibility index (Phi) is 6.06. The summed E-state index contributed by atoms with van der Waals surface area (Å²) in [6, 6.07) is 0.677. The SMILES string of the molecule is Cc1nc(N(C)C2CCCC(C)C2)sc1CNCC(C)C. The van der Waals surface area contributed by atoms with Gasteiger partial charge >= 0.3 is 0 Å². The van der Waals surface area contributed by atoms with Crippen molar-refractivity contribution in [1.82, 2.24) is 10.3 Å². The topological polar surface area (TPSA) is 28.2 Å². The van der Waals surface area contributed by atoms with E-state index in [4.69, 9.17) is 4.98 Å². The number of thiazole rings is 1. The van der Waals surface area contributed by atoms with Crippen LogP contribution in [-0.4, -0.2) is 24.6 Å². The summed E-state index contributed by atoms with van der Waals surface area (Å²) in [6.45, 7) is 11.0. The number of rotatable bonds is 6. The van der Waals surface area contributed by atoms with Gasteiger partial charge in [0.2, 0.25) is 0 Å². The molecule has 120 valence electrons. The fourth-order valence-electron chi connectivity index (χ4n) is 3.11. The van der Waals surface area contributed by atoms with Gasteiger partial charge in [0.05, 0.1) is 5.69 Å². The Morgan fingerprint density at radius 3 is 2.81 bits per heavy atom. The van der Waals surface area contributed by atoms with Crippen molar-refractivity contribution in [3.05, 3.63) is 10.6 Å². The molecule has 1 fully saturated rings. The zero-order chi connectivity index (χ0) is 15.4. The van der Waals surface area contributed by atoms with Crippen LogP contribution in [0.4, 0.5) is 5.13 Å². The summed E-state index contributed by atoms with van der Waals surface area (Å²) in [4.78, 5) is 8.63. The molecule has 2 unspecified atom stereocenters. The van der Waals surface area contributed by atoms with Gasteiger partial charge in [-0.25, -0.2) is 4.98 Å². The van der Waals surface area contributed by atoms with Crippen molar-refractivity contribution >= 4 is 16.5 Å². The molecule has 1 N–H and O–H groups in total. The monoisotopic (exact) mass is 309 g/mol. The first-order valence-electron chi connectivity index (χ1n) is 8.37. The molecule has 1 aliphatic rings. The highest BCUT2D eigenvalue weighted by atomic mass is 32.1. The summed E-state index contributed by atoms with van der Waals surface area (Å²) in [5.41, 5.74) is 1.20. The molecule has 1 aromatic rings. The van der Waals surface area contributed by atoms with E-state index in [0.29, 0.717) is 12.0 Å². The molecule has 0 spiro atoms.